The Morgan fingerprint density at radius 2 is 1.62 bits per heavy atom. The maximum absolute atomic E-state index is 11.1. The van der Waals surface area contributed by atoms with E-state index in [9.17, 15) is 19.5 Å². The summed E-state index contributed by atoms with van der Waals surface area (Å²) in [4.78, 5) is 32.7. The van der Waals surface area contributed by atoms with Crippen molar-refractivity contribution >= 4 is 17.9 Å². The Morgan fingerprint density at radius 3 is 2.14 bits per heavy atom. The Bertz CT molecular complexity index is 394. The molecule has 1 aliphatic rings. The number of rotatable bonds is 5. The first kappa shape index (κ1) is 17.4. The molecule has 1 N–H and O–H groups in total. The molecule has 0 bridgehead atoms. The maximum atomic E-state index is 11.1. The molecule has 0 spiro atoms. The average Bonchev–Trinajstić information content (AvgIpc) is 2.37. The predicted octanol–water partition coefficient (Wildman–Crippen LogP) is -0.437. The van der Waals surface area contributed by atoms with E-state index >= 15 is 0 Å². The van der Waals surface area contributed by atoms with Gasteiger partial charge in [0.15, 0.2) is 0 Å². The van der Waals surface area contributed by atoms with Gasteiger partial charge in [-0.15, -0.1) is 0 Å². The minimum Gasteiger partial charge on any atom is -0.463 e. The SMILES string of the molecule is CC(=O)OCC1CC(OC(C)=O)C(O)C(COC(C)=O)O1. The second kappa shape index (κ2) is 7.94. The lowest BCUT2D eigenvalue weighted by molar-refractivity contribution is -0.209. The molecule has 0 saturated carbocycles. The second-order valence-corrected chi connectivity index (χ2v) is 4.78. The molecule has 0 aromatic carbocycles. The summed E-state index contributed by atoms with van der Waals surface area (Å²) in [6, 6.07) is 0. The lowest BCUT2D eigenvalue weighted by atomic mass is 9.98. The van der Waals surface area contributed by atoms with Crippen LogP contribution in [0.3, 0.4) is 0 Å². The largest absolute Gasteiger partial charge is 0.463 e. The number of carbonyl (C=O) groups is 3. The van der Waals surface area contributed by atoms with E-state index in [1.54, 1.807) is 0 Å². The molecule has 1 saturated heterocycles. The van der Waals surface area contributed by atoms with Crippen LogP contribution in [0.15, 0.2) is 0 Å². The first-order valence-electron chi connectivity index (χ1n) is 6.57. The number of hydrogen-bond acceptors (Lipinski definition) is 8. The number of esters is 3. The van der Waals surface area contributed by atoms with E-state index in [1.165, 1.54) is 20.8 Å². The number of aliphatic hydroxyl groups excluding tert-OH is 1. The highest BCUT2D eigenvalue weighted by atomic mass is 16.6. The summed E-state index contributed by atoms with van der Waals surface area (Å²) < 4.78 is 20.2. The molecule has 8 heteroatoms. The number of ether oxygens (including phenoxy) is 4. The fraction of sp³-hybridized carbons (Fsp3) is 0.769. The fourth-order valence-corrected chi connectivity index (χ4v) is 2.01. The second-order valence-electron chi connectivity index (χ2n) is 4.78. The molecule has 4 atom stereocenters. The van der Waals surface area contributed by atoms with Crippen LogP contribution in [0.25, 0.3) is 0 Å². The normalized spacial score (nSPS) is 28.6. The van der Waals surface area contributed by atoms with Gasteiger partial charge in [0.2, 0.25) is 0 Å². The van der Waals surface area contributed by atoms with E-state index in [4.69, 9.17) is 18.9 Å². The molecule has 0 radical (unpaired) electrons. The minimum atomic E-state index is -1.12. The highest BCUT2D eigenvalue weighted by Gasteiger charge is 2.40. The molecule has 0 aromatic heterocycles. The van der Waals surface area contributed by atoms with Crippen molar-refractivity contribution in [1.82, 2.24) is 0 Å². The van der Waals surface area contributed by atoms with Crippen LogP contribution < -0.4 is 0 Å². The van der Waals surface area contributed by atoms with Gasteiger partial charge in [-0.2, -0.15) is 0 Å². The number of hydrogen-bond donors (Lipinski definition) is 1. The van der Waals surface area contributed by atoms with Crippen LogP contribution in [-0.4, -0.2) is 60.6 Å². The summed E-state index contributed by atoms with van der Waals surface area (Å²) in [5.74, 6) is -1.53. The molecular weight excluding hydrogens is 284 g/mol. The average molecular weight is 304 g/mol. The summed E-state index contributed by atoms with van der Waals surface area (Å²) in [7, 11) is 0. The van der Waals surface area contributed by atoms with E-state index < -0.39 is 42.3 Å². The molecule has 120 valence electrons. The van der Waals surface area contributed by atoms with Gasteiger partial charge in [-0.25, -0.2) is 0 Å². The van der Waals surface area contributed by atoms with Gasteiger partial charge in [-0.05, 0) is 0 Å². The summed E-state index contributed by atoms with van der Waals surface area (Å²) in [5, 5.41) is 10.1. The number of aliphatic hydroxyl groups is 1. The van der Waals surface area contributed by atoms with Crippen molar-refractivity contribution in [2.24, 2.45) is 0 Å². The molecular formula is C13H20O8. The molecule has 0 aliphatic carbocycles. The maximum Gasteiger partial charge on any atom is 0.302 e. The standard InChI is InChI=1S/C13H20O8/c1-7(14)18-5-10-4-11(20-9(3)16)13(17)12(21-10)6-19-8(2)15/h10-13,17H,4-6H2,1-3H3. The zero-order valence-electron chi connectivity index (χ0n) is 12.2. The van der Waals surface area contributed by atoms with Crippen LogP contribution in [-0.2, 0) is 33.3 Å². The van der Waals surface area contributed by atoms with Crippen LogP contribution in [0.1, 0.15) is 27.2 Å². The summed E-state index contributed by atoms with van der Waals surface area (Å²) in [6.07, 6.45) is -3.15. The molecule has 1 rings (SSSR count). The highest BCUT2D eigenvalue weighted by Crippen LogP contribution is 2.24. The van der Waals surface area contributed by atoms with Crippen LogP contribution in [0.2, 0.25) is 0 Å². The lowest BCUT2D eigenvalue weighted by Gasteiger charge is -2.38. The Morgan fingerprint density at radius 1 is 1.05 bits per heavy atom. The van der Waals surface area contributed by atoms with Gasteiger partial charge in [0.25, 0.3) is 0 Å². The lowest BCUT2D eigenvalue weighted by Crippen LogP contribution is -2.52. The van der Waals surface area contributed by atoms with Crippen LogP contribution in [0, 0.1) is 0 Å². The van der Waals surface area contributed by atoms with Crippen molar-refractivity contribution in [1.29, 1.82) is 0 Å². The molecule has 8 nitrogen and oxygen atoms in total. The van der Waals surface area contributed by atoms with Gasteiger partial charge < -0.3 is 24.1 Å². The molecule has 4 unspecified atom stereocenters. The van der Waals surface area contributed by atoms with Gasteiger partial charge in [0, 0.05) is 27.2 Å². The van der Waals surface area contributed by atoms with Crippen LogP contribution in [0.4, 0.5) is 0 Å². The molecule has 0 aromatic rings. The van der Waals surface area contributed by atoms with Crippen molar-refractivity contribution < 1.29 is 38.4 Å². The Balaban J connectivity index is 2.68. The third kappa shape index (κ3) is 6.09. The zero-order chi connectivity index (χ0) is 16.0. The summed E-state index contributed by atoms with van der Waals surface area (Å²) >= 11 is 0. The highest BCUT2D eigenvalue weighted by molar-refractivity contribution is 5.66. The Kier molecular flexibility index (Phi) is 6.57. The van der Waals surface area contributed by atoms with Gasteiger partial charge in [-0.1, -0.05) is 0 Å². The Labute approximate surface area is 122 Å². The molecule has 21 heavy (non-hydrogen) atoms. The topological polar surface area (TPSA) is 108 Å². The smallest absolute Gasteiger partial charge is 0.302 e. The molecule has 1 aliphatic heterocycles. The van der Waals surface area contributed by atoms with E-state index in [-0.39, 0.29) is 19.6 Å². The van der Waals surface area contributed by atoms with Gasteiger partial charge in [0.05, 0.1) is 6.10 Å². The monoisotopic (exact) mass is 304 g/mol. The first-order valence-corrected chi connectivity index (χ1v) is 6.57. The minimum absolute atomic E-state index is 0.0314. The molecule has 1 fully saturated rings. The van der Waals surface area contributed by atoms with Gasteiger partial charge >= 0.3 is 17.9 Å². The summed E-state index contributed by atoms with van der Waals surface area (Å²) in [5.41, 5.74) is 0. The van der Waals surface area contributed by atoms with Crippen molar-refractivity contribution in [2.45, 2.75) is 51.6 Å². The third-order valence-electron chi connectivity index (χ3n) is 2.86. The number of carbonyl (C=O) groups excluding carboxylic acids is 3. The van der Waals surface area contributed by atoms with Crippen molar-refractivity contribution in [3.05, 3.63) is 0 Å². The quantitative estimate of drug-likeness (QED) is 0.538. The first-order chi connectivity index (χ1) is 9.79. The van der Waals surface area contributed by atoms with Crippen LogP contribution in [0.5, 0.6) is 0 Å². The molecule has 1 heterocycles. The van der Waals surface area contributed by atoms with Gasteiger partial charge in [-0.3, -0.25) is 14.4 Å². The van der Waals surface area contributed by atoms with Crippen LogP contribution >= 0.6 is 0 Å². The molecule has 0 amide bonds. The van der Waals surface area contributed by atoms with E-state index in [1.807, 2.05) is 0 Å². The fourth-order valence-electron chi connectivity index (χ4n) is 2.01. The summed E-state index contributed by atoms with van der Waals surface area (Å²) in [6.45, 7) is 3.51. The van der Waals surface area contributed by atoms with Crippen molar-refractivity contribution in [2.75, 3.05) is 13.2 Å². The predicted molar refractivity (Wildman–Crippen MR) is 68.1 cm³/mol. The van der Waals surface area contributed by atoms with Gasteiger partial charge in [0.1, 0.15) is 31.5 Å². The third-order valence-corrected chi connectivity index (χ3v) is 2.86. The van der Waals surface area contributed by atoms with E-state index in [2.05, 4.69) is 0 Å². The van der Waals surface area contributed by atoms with Crippen molar-refractivity contribution in [3.63, 3.8) is 0 Å². The van der Waals surface area contributed by atoms with E-state index in [0.717, 1.165) is 0 Å². The van der Waals surface area contributed by atoms with E-state index in [0.29, 0.717) is 0 Å². The zero-order valence-corrected chi connectivity index (χ0v) is 12.2. The Hall–Kier alpha value is -1.67. The van der Waals surface area contributed by atoms with Crippen molar-refractivity contribution in [3.8, 4) is 0 Å².